The lowest BCUT2D eigenvalue weighted by atomic mass is 10.2. The molecule has 0 fully saturated rings. The fourth-order valence-electron chi connectivity index (χ4n) is 2.56. The topological polar surface area (TPSA) is 63.8 Å². The molecule has 0 saturated heterocycles. The Morgan fingerprint density at radius 1 is 1.15 bits per heavy atom. The maximum Gasteiger partial charge on any atom is 0.289 e. The van der Waals surface area contributed by atoms with Crippen LogP contribution in [0.2, 0.25) is 5.02 Å². The van der Waals surface area contributed by atoms with Gasteiger partial charge in [-0.1, -0.05) is 17.7 Å². The zero-order chi connectivity index (χ0) is 19.6. The molecule has 0 aliphatic carbocycles. The Morgan fingerprint density at radius 2 is 1.85 bits per heavy atom. The van der Waals surface area contributed by atoms with Gasteiger partial charge in [0.25, 0.3) is 5.91 Å². The summed E-state index contributed by atoms with van der Waals surface area (Å²) in [6.45, 7) is 1.82. The molecule has 1 aromatic heterocycles. The molecule has 0 unspecified atom stereocenters. The molecule has 7 heteroatoms. The van der Waals surface area contributed by atoms with E-state index >= 15 is 0 Å². The Bertz CT molecular complexity index is 805. The minimum atomic E-state index is -0.209. The Labute approximate surface area is 164 Å². The summed E-state index contributed by atoms with van der Waals surface area (Å²) in [5.74, 6) is 0.0392. The smallest absolute Gasteiger partial charge is 0.289 e. The van der Waals surface area contributed by atoms with Gasteiger partial charge in [-0.3, -0.25) is 4.79 Å². The number of amides is 1. The molecule has 0 radical (unpaired) electrons. The van der Waals surface area contributed by atoms with Gasteiger partial charge >= 0.3 is 0 Å². The number of aromatic nitrogens is 1. The number of fused-ring (bicyclic) bond motifs is 1. The Morgan fingerprint density at radius 3 is 2.48 bits per heavy atom. The number of H-pyrrole nitrogens is 1. The fraction of sp³-hybridized carbons (Fsp3) is 0.350. The summed E-state index contributed by atoms with van der Waals surface area (Å²) in [7, 11) is 4.68. The maximum absolute atomic E-state index is 12.7. The van der Waals surface area contributed by atoms with E-state index in [1.807, 2.05) is 30.3 Å². The standard InChI is InChI=1S/C20H25ClN2O4/c1-25-11-9-23(10-12-26-2)20(24)19(27-3)6-4-5-17-14-15-13-16(21)7-8-18(15)22-17/h4-8,13-14,22H,9-12H2,1-3H3/b5-4+,19-6+. The van der Waals surface area contributed by atoms with Gasteiger partial charge in [-0.2, -0.15) is 0 Å². The third-order valence-electron chi connectivity index (χ3n) is 3.98. The van der Waals surface area contributed by atoms with E-state index in [9.17, 15) is 4.79 Å². The van der Waals surface area contributed by atoms with E-state index in [1.165, 1.54) is 7.11 Å². The number of allylic oxidation sites excluding steroid dienone is 2. The number of methoxy groups -OCH3 is 3. The molecule has 27 heavy (non-hydrogen) atoms. The molecule has 0 spiro atoms. The number of nitrogens with zero attached hydrogens (tertiary/aromatic N) is 1. The third kappa shape index (κ3) is 6.13. The fourth-order valence-corrected chi connectivity index (χ4v) is 2.74. The van der Waals surface area contributed by atoms with Gasteiger partial charge in [0.05, 0.1) is 20.3 Å². The maximum atomic E-state index is 12.7. The van der Waals surface area contributed by atoms with Crippen LogP contribution in [-0.4, -0.2) is 63.4 Å². The number of rotatable bonds is 10. The molecule has 1 aromatic carbocycles. The van der Waals surface area contributed by atoms with E-state index in [1.54, 1.807) is 31.3 Å². The molecule has 0 saturated carbocycles. The molecule has 1 N–H and O–H groups in total. The molecular formula is C20H25ClN2O4. The Balaban J connectivity index is 2.11. The van der Waals surface area contributed by atoms with Gasteiger partial charge < -0.3 is 24.1 Å². The molecule has 1 amide bonds. The molecule has 2 rings (SSSR count). The first-order valence-corrected chi connectivity index (χ1v) is 8.94. The lowest BCUT2D eigenvalue weighted by Crippen LogP contribution is -2.37. The van der Waals surface area contributed by atoms with E-state index < -0.39 is 0 Å². The number of benzene rings is 1. The summed E-state index contributed by atoms with van der Waals surface area (Å²) in [6, 6.07) is 7.65. The molecule has 1 heterocycles. The molecule has 0 bridgehead atoms. The minimum absolute atomic E-state index is 0.209. The van der Waals surface area contributed by atoms with Crippen LogP contribution in [0, 0.1) is 0 Å². The van der Waals surface area contributed by atoms with Crippen molar-refractivity contribution in [3.8, 4) is 0 Å². The van der Waals surface area contributed by atoms with Crippen LogP contribution in [0.1, 0.15) is 5.69 Å². The quantitative estimate of drug-likeness (QED) is 0.382. The highest BCUT2D eigenvalue weighted by Crippen LogP contribution is 2.20. The number of carbonyl (C=O) groups is 1. The van der Waals surface area contributed by atoms with Crippen molar-refractivity contribution in [2.24, 2.45) is 0 Å². The Kier molecular flexibility index (Phi) is 8.39. The van der Waals surface area contributed by atoms with Gasteiger partial charge in [-0.05, 0) is 36.4 Å². The summed E-state index contributed by atoms with van der Waals surface area (Å²) in [4.78, 5) is 17.6. The number of carbonyl (C=O) groups excluding carboxylic acids is 1. The third-order valence-corrected chi connectivity index (χ3v) is 4.21. The van der Waals surface area contributed by atoms with Crippen molar-refractivity contribution in [2.45, 2.75) is 0 Å². The van der Waals surface area contributed by atoms with Crippen LogP contribution in [0.25, 0.3) is 17.0 Å². The van der Waals surface area contributed by atoms with Crippen molar-refractivity contribution >= 4 is 34.5 Å². The molecule has 0 atom stereocenters. The predicted octanol–water partition coefficient (Wildman–Crippen LogP) is 3.49. The Hall–Kier alpha value is -2.28. The number of ether oxygens (including phenoxy) is 3. The number of nitrogens with one attached hydrogen (secondary N) is 1. The molecular weight excluding hydrogens is 368 g/mol. The highest BCUT2D eigenvalue weighted by atomic mass is 35.5. The van der Waals surface area contributed by atoms with Gasteiger partial charge in [-0.25, -0.2) is 0 Å². The molecule has 0 aliphatic rings. The first kappa shape index (κ1) is 21.0. The summed E-state index contributed by atoms with van der Waals surface area (Å²) in [5, 5.41) is 1.72. The summed E-state index contributed by atoms with van der Waals surface area (Å²) < 4.78 is 15.4. The van der Waals surface area contributed by atoms with Crippen LogP contribution in [0.4, 0.5) is 0 Å². The van der Waals surface area contributed by atoms with Gasteiger partial charge in [-0.15, -0.1) is 0 Å². The van der Waals surface area contributed by atoms with E-state index in [0.717, 1.165) is 16.6 Å². The second-order valence-electron chi connectivity index (χ2n) is 5.83. The molecule has 6 nitrogen and oxygen atoms in total. The van der Waals surface area contributed by atoms with Crippen LogP contribution < -0.4 is 0 Å². The summed E-state index contributed by atoms with van der Waals surface area (Å²) in [5.41, 5.74) is 1.90. The minimum Gasteiger partial charge on any atom is -0.491 e. The lowest BCUT2D eigenvalue weighted by Gasteiger charge is -2.22. The first-order valence-electron chi connectivity index (χ1n) is 8.56. The van der Waals surface area contributed by atoms with Crippen molar-refractivity contribution in [1.82, 2.24) is 9.88 Å². The van der Waals surface area contributed by atoms with Crippen molar-refractivity contribution < 1.29 is 19.0 Å². The monoisotopic (exact) mass is 392 g/mol. The van der Waals surface area contributed by atoms with E-state index in [0.29, 0.717) is 31.3 Å². The highest BCUT2D eigenvalue weighted by molar-refractivity contribution is 6.31. The first-order chi connectivity index (χ1) is 13.1. The van der Waals surface area contributed by atoms with Gasteiger partial charge in [0.2, 0.25) is 0 Å². The lowest BCUT2D eigenvalue weighted by molar-refractivity contribution is -0.131. The average molecular weight is 393 g/mol. The van der Waals surface area contributed by atoms with Crippen LogP contribution in [0.3, 0.4) is 0 Å². The SMILES string of the molecule is COCCN(CCOC)C(=O)/C(=C\C=C\c1cc2cc(Cl)ccc2[nH]1)OC. The van der Waals surface area contributed by atoms with Crippen LogP contribution >= 0.6 is 11.6 Å². The number of aromatic amines is 1. The summed E-state index contributed by atoms with van der Waals surface area (Å²) in [6.07, 6.45) is 5.29. The van der Waals surface area contributed by atoms with Gasteiger partial charge in [0.15, 0.2) is 5.76 Å². The van der Waals surface area contributed by atoms with Crippen LogP contribution in [0.15, 0.2) is 42.2 Å². The normalized spacial score (nSPS) is 12.1. The van der Waals surface area contributed by atoms with Gasteiger partial charge in [0.1, 0.15) is 0 Å². The molecule has 0 aliphatic heterocycles. The highest BCUT2D eigenvalue weighted by Gasteiger charge is 2.18. The average Bonchev–Trinajstić information content (AvgIpc) is 3.06. The van der Waals surface area contributed by atoms with E-state index in [4.69, 9.17) is 25.8 Å². The second kappa shape index (κ2) is 10.8. The van der Waals surface area contributed by atoms with Gasteiger partial charge in [0, 0.05) is 48.9 Å². The van der Waals surface area contributed by atoms with Crippen molar-refractivity contribution in [1.29, 1.82) is 0 Å². The van der Waals surface area contributed by atoms with Crippen LogP contribution in [-0.2, 0) is 19.0 Å². The van der Waals surface area contributed by atoms with Crippen molar-refractivity contribution in [2.75, 3.05) is 47.6 Å². The molecule has 146 valence electrons. The van der Waals surface area contributed by atoms with E-state index in [2.05, 4.69) is 4.98 Å². The zero-order valence-corrected chi connectivity index (χ0v) is 16.6. The zero-order valence-electron chi connectivity index (χ0n) is 15.8. The summed E-state index contributed by atoms with van der Waals surface area (Å²) >= 11 is 6.01. The number of halogens is 1. The van der Waals surface area contributed by atoms with E-state index in [-0.39, 0.29) is 11.7 Å². The van der Waals surface area contributed by atoms with Crippen LogP contribution in [0.5, 0.6) is 0 Å². The predicted molar refractivity (Wildman–Crippen MR) is 108 cm³/mol. The van der Waals surface area contributed by atoms with Crippen molar-refractivity contribution in [3.05, 3.63) is 52.9 Å². The second-order valence-corrected chi connectivity index (χ2v) is 6.26. The number of hydrogen-bond acceptors (Lipinski definition) is 4. The molecule has 2 aromatic rings. The number of hydrogen-bond donors (Lipinski definition) is 1. The van der Waals surface area contributed by atoms with Crippen molar-refractivity contribution in [3.63, 3.8) is 0 Å². The largest absolute Gasteiger partial charge is 0.491 e.